The SMILES string of the molecule is CC(C)Oc1ncc(-c2nc(-c3cccc4c(CCC(=O)OC(C)(C)C)nccc34)no2)cc1Cl. The van der Waals surface area contributed by atoms with E-state index in [2.05, 4.69) is 20.1 Å². The van der Waals surface area contributed by atoms with E-state index in [1.165, 1.54) is 0 Å². The number of fused-ring (bicyclic) bond motifs is 1. The second kappa shape index (κ2) is 10.00. The van der Waals surface area contributed by atoms with Gasteiger partial charge in [0.2, 0.25) is 11.7 Å². The molecule has 4 rings (SSSR count). The molecule has 0 N–H and O–H groups in total. The van der Waals surface area contributed by atoms with Gasteiger partial charge in [-0.1, -0.05) is 35.0 Å². The first-order valence-corrected chi connectivity index (χ1v) is 11.7. The quantitative estimate of drug-likeness (QED) is 0.286. The van der Waals surface area contributed by atoms with Gasteiger partial charge in [-0.25, -0.2) is 4.98 Å². The van der Waals surface area contributed by atoms with Gasteiger partial charge in [-0.3, -0.25) is 9.78 Å². The van der Waals surface area contributed by atoms with Crippen LogP contribution >= 0.6 is 11.6 Å². The summed E-state index contributed by atoms with van der Waals surface area (Å²) < 4.78 is 16.5. The molecular weight excluding hydrogens is 468 g/mol. The molecule has 3 aromatic heterocycles. The lowest BCUT2D eigenvalue weighted by molar-refractivity contribution is -0.154. The van der Waals surface area contributed by atoms with Crippen LogP contribution < -0.4 is 4.74 Å². The Balaban J connectivity index is 1.60. The second-order valence-electron chi connectivity index (χ2n) is 9.35. The molecule has 9 heteroatoms. The van der Waals surface area contributed by atoms with Crippen LogP contribution in [0.3, 0.4) is 0 Å². The van der Waals surface area contributed by atoms with Crippen molar-refractivity contribution < 1.29 is 18.8 Å². The molecule has 0 spiro atoms. The Labute approximate surface area is 208 Å². The number of benzene rings is 1. The minimum atomic E-state index is -0.520. The Bertz CT molecular complexity index is 1360. The maximum Gasteiger partial charge on any atom is 0.306 e. The van der Waals surface area contributed by atoms with Gasteiger partial charge >= 0.3 is 5.97 Å². The van der Waals surface area contributed by atoms with Crippen molar-refractivity contribution in [2.24, 2.45) is 0 Å². The van der Waals surface area contributed by atoms with Crippen molar-refractivity contribution in [3.63, 3.8) is 0 Å². The fourth-order valence-corrected chi connectivity index (χ4v) is 3.79. The zero-order valence-electron chi connectivity index (χ0n) is 20.3. The van der Waals surface area contributed by atoms with Crippen LogP contribution in [0, 0.1) is 0 Å². The van der Waals surface area contributed by atoms with Gasteiger partial charge in [0, 0.05) is 35.5 Å². The first kappa shape index (κ1) is 24.6. The van der Waals surface area contributed by atoms with Crippen molar-refractivity contribution >= 4 is 28.3 Å². The number of nitrogens with zero attached hydrogens (tertiary/aromatic N) is 4. The Morgan fingerprint density at radius 2 is 1.94 bits per heavy atom. The number of hydrogen-bond acceptors (Lipinski definition) is 8. The predicted octanol–water partition coefficient (Wildman–Crippen LogP) is 6.06. The Kier molecular flexibility index (Phi) is 7.03. The minimum Gasteiger partial charge on any atom is -0.474 e. The zero-order valence-corrected chi connectivity index (χ0v) is 21.1. The van der Waals surface area contributed by atoms with E-state index in [1.807, 2.05) is 58.9 Å². The minimum absolute atomic E-state index is 0.0456. The lowest BCUT2D eigenvalue weighted by Crippen LogP contribution is -2.24. The van der Waals surface area contributed by atoms with E-state index in [9.17, 15) is 4.79 Å². The van der Waals surface area contributed by atoms with E-state index in [0.717, 1.165) is 22.0 Å². The van der Waals surface area contributed by atoms with Gasteiger partial charge < -0.3 is 14.0 Å². The Morgan fingerprint density at radius 3 is 2.66 bits per heavy atom. The topological polar surface area (TPSA) is 100 Å². The molecule has 8 nitrogen and oxygen atoms in total. The highest BCUT2D eigenvalue weighted by Gasteiger charge is 2.19. The van der Waals surface area contributed by atoms with Crippen LogP contribution in [0.5, 0.6) is 5.88 Å². The number of carbonyl (C=O) groups excluding carboxylic acids is 1. The number of ether oxygens (including phenoxy) is 2. The highest BCUT2D eigenvalue weighted by molar-refractivity contribution is 6.32. The molecule has 35 heavy (non-hydrogen) atoms. The van der Waals surface area contributed by atoms with Crippen LogP contribution in [-0.2, 0) is 16.0 Å². The van der Waals surface area contributed by atoms with Crippen LogP contribution in [0.2, 0.25) is 5.02 Å². The molecule has 0 amide bonds. The van der Waals surface area contributed by atoms with Gasteiger partial charge in [0.25, 0.3) is 5.89 Å². The molecule has 0 aliphatic carbocycles. The third kappa shape index (κ3) is 5.95. The number of carbonyl (C=O) groups is 1. The second-order valence-corrected chi connectivity index (χ2v) is 9.75. The smallest absolute Gasteiger partial charge is 0.306 e. The number of aromatic nitrogens is 4. The van der Waals surface area contributed by atoms with E-state index in [1.54, 1.807) is 18.5 Å². The lowest BCUT2D eigenvalue weighted by atomic mass is 10.0. The summed E-state index contributed by atoms with van der Waals surface area (Å²) in [6.45, 7) is 9.36. The molecule has 0 saturated heterocycles. The molecular formula is C26H27ClN4O4. The highest BCUT2D eigenvalue weighted by Crippen LogP contribution is 2.32. The zero-order chi connectivity index (χ0) is 25.2. The van der Waals surface area contributed by atoms with E-state index < -0.39 is 5.60 Å². The van der Waals surface area contributed by atoms with E-state index in [0.29, 0.717) is 34.6 Å². The van der Waals surface area contributed by atoms with Gasteiger partial charge in [-0.15, -0.1) is 0 Å². The third-order valence-corrected chi connectivity index (χ3v) is 5.21. The van der Waals surface area contributed by atoms with Crippen molar-refractivity contribution in [2.45, 2.75) is 59.2 Å². The molecule has 1 aromatic carbocycles. The lowest BCUT2D eigenvalue weighted by Gasteiger charge is -2.19. The van der Waals surface area contributed by atoms with Crippen LogP contribution in [0.4, 0.5) is 0 Å². The van der Waals surface area contributed by atoms with Crippen molar-refractivity contribution in [3.05, 3.63) is 53.4 Å². The van der Waals surface area contributed by atoms with E-state index in [-0.39, 0.29) is 18.5 Å². The fraction of sp³-hybridized carbons (Fsp3) is 0.346. The number of rotatable bonds is 7. The average Bonchev–Trinajstić information content (AvgIpc) is 3.27. The van der Waals surface area contributed by atoms with Gasteiger partial charge in [0.05, 0.1) is 18.1 Å². The van der Waals surface area contributed by atoms with E-state index >= 15 is 0 Å². The maximum atomic E-state index is 12.2. The number of esters is 1. The standard InChI is InChI=1S/C26H27ClN4O4/c1-15(2)33-25-20(27)13-16(14-29-25)24-30-23(31-35-24)19-8-6-7-18-17(19)11-12-28-21(18)9-10-22(32)34-26(3,4)5/h6-8,11-15H,9-10H2,1-5H3. The van der Waals surface area contributed by atoms with Crippen molar-refractivity contribution in [1.29, 1.82) is 0 Å². The third-order valence-electron chi connectivity index (χ3n) is 4.94. The molecule has 0 fully saturated rings. The molecule has 0 saturated carbocycles. The number of pyridine rings is 2. The van der Waals surface area contributed by atoms with Crippen LogP contribution in [-0.4, -0.2) is 37.8 Å². The van der Waals surface area contributed by atoms with Gasteiger partial charge in [0.1, 0.15) is 10.6 Å². The molecule has 0 bridgehead atoms. The summed E-state index contributed by atoms with van der Waals surface area (Å²) in [6.07, 6.45) is 3.96. The summed E-state index contributed by atoms with van der Waals surface area (Å²) in [4.78, 5) is 25.5. The van der Waals surface area contributed by atoms with E-state index in [4.69, 9.17) is 25.6 Å². The summed E-state index contributed by atoms with van der Waals surface area (Å²) in [5.41, 5.74) is 1.66. The normalized spacial score (nSPS) is 11.7. The molecule has 3 heterocycles. The van der Waals surface area contributed by atoms with Gasteiger partial charge in [0.15, 0.2) is 0 Å². The van der Waals surface area contributed by atoms with Crippen LogP contribution in [0.15, 0.2) is 47.2 Å². The molecule has 0 aliphatic heterocycles. The fourth-order valence-electron chi connectivity index (χ4n) is 3.58. The predicted molar refractivity (Wildman–Crippen MR) is 133 cm³/mol. The largest absolute Gasteiger partial charge is 0.474 e. The molecule has 0 radical (unpaired) electrons. The molecule has 4 aromatic rings. The van der Waals surface area contributed by atoms with Crippen molar-refractivity contribution in [1.82, 2.24) is 20.1 Å². The maximum absolute atomic E-state index is 12.2. The summed E-state index contributed by atoms with van der Waals surface area (Å²) >= 11 is 6.31. The average molecular weight is 495 g/mol. The first-order valence-electron chi connectivity index (χ1n) is 11.4. The number of aryl methyl sites for hydroxylation is 1. The Morgan fingerprint density at radius 1 is 1.14 bits per heavy atom. The molecule has 0 atom stereocenters. The first-order chi connectivity index (χ1) is 16.6. The van der Waals surface area contributed by atoms with Crippen LogP contribution in [0.1, 0.15) is 46.7 Å². The van der Waals surface area contributed by atoms with Gasteiger partial charge in [-0.05, 0) is 52.1 Å². The molecule has 0 unspecified atom stereocenters. The van der Waals surface area contributed by atoms with Crippen LogP contribution in [0.25, 0.3) is 33.6 Å². The number of halogens is 1. The van der Waals surface area contributed by atoms with Crippen molar-refractivity contribution in [3.8, 4) is 28.7 Å². The van der Waals surface area contributed by atoms with Gasteiger partial charge in [-0.2, -0.15) is 4.98 Å². The summed E-state index contributed by atoms with van der Waals surface area (Å²) in [6, 6.07) is 9.37. The Hall–Kier alpha value is -3.52. The highest BCUT2D eigenvalue weighted by atomic mass is 35.5. The summed E-state index contributed by atoms with van der Waals surface area (Å²) in [5, 5.41) is 6.36. The monoisotopic (exact) mass is 494 g/mol. The summed E-state index contributed by atoms with van der Waals surface area (Å²) in [7, 11) is 0. The summed E-state index contributed by atoms with van der Waals surface area (Å²) in [5.74, 6) is 0.813. The molecule has 0 aliphatic rings. The number of hydrogen-bond donors (Lipinski definition) is 0. The van der Waals surface area contributed by atoms with Crippen molar-refractivity contribution in [2.75, 3.05) is 0 Å². The molecule has 182 valence electrons.